The SMILES string of the molecule is CN1CCN(S(=O)(=O)N2CCN(S(=O)(=O)c3ccc(F)c(C(F)(F)F)c3)CC2)CC1. The molecular weight excluding hydrogens is 452 g/mol. The van der Waals surface area contributed by atoms with Gasteiger partial charge in [0.25, 0.3) is 10.2 Å². The Morgan fingerprint density at radius 3 is 1.77 bits per heavy atom. The van der Waals surface area contributed by atoms with Crippen LogP contribution in [-0.2, 0) is 26.4 Å². The molecule has 30 heavy (non-hydrogen) atoms. The molecule has 2 aliphatic rings. The average Bonchev–Trinajstić information content (AvgIpc) is 2.67. The molecule has 0 spiro atoms. The summed E-state index contributed by atoms with van der Waals surface area (Å²) in [4.78, 5) is 1.31. The third-order valence-corrected chi connectivity index (χ3v) is 9.12. The fourth-order valence-corrected chi connectivity index (χ4v) is 6.38. The van der Waals surface area contributed by atoms with Crippen molar-refractivity contribution in [1.29, 1.82) is 0 Å². The lowest BCUT2D eigenvalue weighted by Crippen LogP contribution is -2.57. The Labute approximate surface area is 172 Å². The van der Waals surface area contributed by atoms with Crippen molar-refractivity contribution in [2.75, 3.05) is 59.4 Å². The van der Waals surface area contributed by atoms with E-state index in [1.807, 2.05) is 11.9 Å². The van der Waals surface area contributed by atoms with Crippen molar-refractivity contribution in [2.45, 2.75) is 11.1 Å². The first-order valence-electron chi connectivity index (χ1n) is 9.14. The standard InChI is InChI=1S/C16H22F4N4O4S2/c1-21-4-6-23(7-5-21)30(27,28)24-10-8-22(9-11-24)29(25,26)13-2-3-15(17)14(12-13)16(18,19)20/h2-3,12H,4-11H2,1H3. The molecule has 0 unspecified atom stereocenters. The maximum atomic E-state index is 13.5. The maximum Gasteiger partial charge on any atom is 0.419 e. The molecule has 8 nitrogen and oxygen atoms in total. The van der Waals surface area contributed by atoms with E-state index in [0.717, 1.165) is 10.4 Å². The molecule has 0 saturated carbocycles. The number of benzene rings is 1. The highest BCUT2D eigenvalue weighted by molar-refractivity contribution is 7.89. The van der Waals surface area contributed by atoms with Crippen molar-refractivity contribution < 1.29 is 34.4 Å². The summed E-state index contributed by atoms with van der Waals surface area (Å²) in [5, 5.41) is 0. The molecule has 0 aliphatic carbocycles. The van der Waals surface area contributed by atoms with Crippen LogP contribution < -0.4 is 0 Å². The van der Waals surface area contributed by atoms with Gasteiger partial charge < -0.3 is 4.90 Å². The monoisotopic (exact) mass is 474 g/mol. The van der Waals surface area contributed by atoms with Crippen LogP contribution in [0.15, 0.2) is 23.1 Å². The zero-order valence-corrected chi connectivity index (χ0v) is 17.8. The maximum absolute atomic E-state index is 13.5. The zero-order chi connectivity index (χ0) is 22.3. The summed E-state index contributed by atoms with van der Waals surface area (Å²) in [6.45, 7) is 1.14. The van der Waals surface area contributed by atoms with E-state index in [0.29, 0.717) is 32.2 Å². The molecule has 170 valence electrons. The van der Waals surface area contributed by atoms with Gasteiger partial charge in [0.15, 0.2) is 0 Å². The third kappa shape index (κ3) is 4.62. The molecule has 2 aliphatic heterocycles. The fraction of sp³-hybridized carbons (Fsp3) is 0.625. The van der Waals surface area contributed by atoms with Crippen LogP contribution >= 0.6 is 0 Å². The second-order valence-electron chi connectivity index (χ2n) is 7.15. The molecule has 0 radical (unpaired) electrons. The van der Waals surface area contributed by atoms with Crippen LogP contribution in [0.1, 0.15) is 5.56 Å². The van der Waals surface area contributed by atoms with Gasteiger partial charge in [-0.1, -0.05) is 0 Å². The number of likely N-dealkylation sites (N-methyl/N-ethyl adjacent to an activating group) is 1. The molecular formula is C16H22F4N4O4S2. The summed E-state index contributed by atoms with van der Waals surface area (Å²) in [5.41, 5.74) is -1.67. The van der Waals surface area contributed by atoms with Gasteiger partial charge >= 0.3 is 6.18 Å². The van der Waals surface area contributed by atoms with Crippen LogP contribution in [0.3, 0.4) is 0 Å². The Bertz CT molecular complexity index is 985. The van der Waals surface area contributed by atoms with Gasteiger partial charge in [-0.3, -0.25) is 0 Å². The van der Waals surface area contributed by atoms with Gasteiger partial charge in [-0.15, -0.1) is 0 Å². The Balaban J connectivity index is 1.73. The van der Waals surface area contributed by atoms with E-state index >= 15 is 0 Å². The second kappa shape index (κ2) is 8.31. The molecule has 1 aromatic rings. The van der Waals surface area contributed by atoms with Crippen LogP contribution in [0.25, 0.3) is 0 Å². The van der Waals surface area contributed by atoms with Gasteiger partial charge in [0, 0.05) is 52.4 Å². The first-order valence-corrected chi connectivity index (χ1v) is 12.0. The summed E-state index contributed by atoms with van der Waals surface area (Å²) < 4.78 is 107. The van der Waals surface area contributed by atoms with Crippen LogP contribution in [0.4, 0.5) is 17.6 Å². The van der Waals surface area contributed by atoms with Crippen LogP contribution in [-0.4, -0.2) is 94.1 Å². The van der Waals surface area contributed by atoms with Gasteiger partial charge in [0.05, 0.1) is 10.5 Å². The molecule has 2 fully saturated rings. The van der Waals surface area contributed by atoms with Gasteiger partial charge in [0.2, 0.25) is 10.0 Å². The summed E-state index contributed by atoms with van der Waals surface area (Å²) in [6.07, 6.45) is -5.04. The summed E-state index contributed by atoms with van der Waals surface area (Å²) in [7, 11) is -6.21. The molecule has 0 bridgehead atoms. The Hall–Kier alpha value is -1.32. The number of rotatable bonds is 4. The van der Waals surface area contributed by atoms with Crippen molar-refractivity contribution in [2.24, 2.45) is 0 Å². The number of hydrogen-bond donors (Lipinski definition) is 0. The predicted octanol–water partition coefficient (Wildman–Crippen LogP) is 0.643. The summed E-state index contributed by atoms with van der Waals surface area (Å²) in [6, 6.07) is 1.50. The van der Waals surface area contributed by atoms with E-state index in [1.165, 1.54) is 8.61 Å². The minimum absolute atomic E-state index is 0.124. The first-order chi connectivity index (χ1) is 13.8. The predicted molar refractivity (Wildman–Crippen MR) is 99.7 cm³/mol. The number of alkyl halides is 3. The lowest BCUT2D eigenvalue weighted by molar-refractivity contribution is -0.140. The molecule has 2 saturated heterocycles. The minimum Gasteiger partial charge on any atom is -0.304 e. The normalized spacial score (nSPS) is 21.8. The highest BCUT2D eigenvalue weighted by atomic mass is 32.2. The quantitative estimate of drug-likeness (QED) is 0.599. The molecule has 0 amide bonds. The molecule has 2 heterocycles. The lowest BCUT2D eigenvalue weighted by Gasteiger charge is -2.38. The average molecular weight is 475 g/mol. The van der Waals surface area contributed by atoms with Crippen molar-refractivity contribution in [3.63, 3.8) is 0 Å². The molecule has 1 aromatic carbocycles. The van der Waals surface area contributed by atoms with Crippen molar-refractivity contribution in [3.8, 4) is 0 Å². The number of sulfonamides is 1. The van der Waals surface area contributed by atoms with Gasteiger partial charge in [-0.2, -0.15) is 34.5 Å². The number of halogens is 4. The van der Waals surface area contributed by atoms with Gasteiger partial charge in [0.1, 0.15) is 5.82 Å². The minimum atomic E-state index is -5.04. The fourth-order valence-electron chi connectivity index (χ4n) is 3.35. The van der Waals surface area contributed by atoms with Gasteiger partial charge in [-0.25, -0.2) is 12.8 Å². The Morgan fingerprint density at radius 1 is 0.800 bits per heavy atom. The molecule has 14 heteroatoms. The van der Waals surface area contributed by atoms with Crippen LogP contribution in [0.5, 0.6) is 0 Å². The topological polar surface area (TPSA) is 81.2 Å². The molecule has 0 atom stereocenters. The van der Waals surface area contributed by atoms with Crippen molar-refractivity contribution in [1.82, 2.24) is 17.8 Å². The van der Waals surface area contributed by atoms with Crippen LogP contribution in [0.2, 0.25) is 0 Å². The van der Waals surface area contributed by atoms with E-state index in [9.17, 15) is 34.4 Å². The number of hydrogen-bond acceptors (Lipinski definition) is 5. The van der Waals surface area contributed by atoms with Crippen molar-refractivity contribution in [3.05, 3.63) is 29.6 Å². The smallest absolute Gasteiger partial charge is 0.304 e. The largest absolute Gasteiger partial charge is 0.419 e. The van der Waals surface area contributed by atoms with E-state index < -0.39 is 42.7 Å². The van der Waals surface area contributed by atoms with E-state index in [-0.39, 0.29) is 32.2 Å². The number of piperazine rings is 2. The highest BCUT2D eigenvalue weighted by Crippen LogP contribution is 2.33. The first kappa shape index (κ1) is 23.3. The van der Waals surface area contributed by atoms with Gasteiger partial charge in [-0.05, 0) is 25.2 Å². The molecule has 3 rings (SSSR count). The van der Waals surface area contributed by atoms with E-state index in [4.69, 9.17) is 0 Å². The van der Waals surface area contributed by atoms with Crippen LogP contribution in [0, 0.1) is 5.82 Å². The highest BCUT2D eigenvalue weighted by Gasteiger charge is 2.39. The van der Waals surface area contributed by atoms with E-state index in [1.54, 1.807) is 0 Å². The lowest BCUT2D eigenvalue weighted by atomic mass is 10.2. The van der Waals surface area contributed by atoms with Crippen molar-refractivity contribution >= 4 is 20.2 Å². The molecule has 0 N–H and O–H groups in total. The second-order valence-corrected chi connectivity index (χ2v) is 11.0. The molecule has 0 aromatic heterocycles. The number of nitrogens with zero attached hydrogens (tertiary/aromatic N) is 4. The third-order valence-electron chi connectivity index (χ3n) is 5.19. The summed E-state index contributed by atoms with van der Waals surface area (Å²) in [5.74, 6) is -1.57. The Morgan fingerprint density at radius 2 is 1.27 bits per heavy atom. The van der Waals surface area contributed by atoms with E-state index in [2.05, 4.69) is 0 Å². The zero-order valence-electron chi connectivity index (χ0n) is 16.1. The Kier molecular flexibility index (Phi) is 6.47. The summed E-state index contributed by atoms with van der Waals surface area (Å²) >= 11 is 0.